The second kappa shape index (κ2) is 5.93. The first-order valence-electron chi connectivity index (χ1n) is 6.87. The van der Waals surface area contributed by atoms with Crippen molar-refractivity contribution in [3.8, 4) is 0 Å². The molecule has 1 unspecified atom stereocenters. The lowest BCUT2D eigenvalue weighted by Crippen LogP contribution is -2.22. The minimum absolute atomic E-state index is 0.111. The highest BCUT2D eigenvalue weighted by molar-refractivity contribution is 5.51. The molecule has 0 saturated carbocycles. The Morgan fingerprint density at radius 2 is 1.86 bits per heavy atom. The van der Waals surface area contributed by atoms with Gasteiger partial charge in [0.15, 0.2) is 0 Å². The van der Waals surface area contributed by atoms with Gasteiger partial charge in [-0.2, -0.15) is 0 Å². The van der Waals surface area contributed by atoms with E-state index in [1.807, 2.05) is 18.2 Å². The molecule has 0 radical (unpaired) electrons. The first-order chi connectivity index (χ1) is 10.2. The minimum atomic E-state index is -0.386. The van der Waals surface area contributed by atoms with Gasteiger partial charge in [0.1, 0.15) is 6.73 Å². The highest BCUT2D eigenvalue weighted by Gasteiger charge is 2.23. The summed E-state index contributed by atoms with van der Waals surface area (Å²) in [7, 11) is 0. The quantitative estimate of drug-likeness (QED) is 0.639. The molecule has 1 aliphatic heterocycles. The molecular formula is C16H16N2O3. The maximum Gasteiger partial charge on any atom is 0.269 e. The Labute approximate surface area is 122 Å². The van der Waals surface area contributed by atoms with Gasteiger partial charge in [0.2, 0.25) is 0 Å². The van der Waals surface area contributed by atoms with Crippen molar-refractivity contribution in [3.63, 3.8) is 0 Å². The van der Waals surface area contributed by atoms with Crippen molar-refractivity contribution < 1.29 is 9.66 Å². The van der Waals surface area contributed by atoms with Crippen LogP contribution >= 0.6 is 0 Å². The smallest absolute Gasteiger partial charge is 0.269 e. The average molecular weight is 284 g/mol. The molecule has 5 heteroatoms. The van der Waals surface area contributed by atoms with Crippen LogP contribution in [0.2, 0.25) is 0 Å². The van der Waals surface area contributed by atoms with Gasteiger partial charge in [0.05, 0.1) is 11.0 Å². The molecule has 0 N–H and O–H groups in total. The molecule has 1 heterocycles. The number of rotatable bonds is 4. The number of nitrogens with zero attached hydrogens (tertiary/aromatic N) is 2. The van der Waals surface area contributed by atoms with Gasteiger partial charge in [0.25, 0.3) is 5.69 Å². The van der Waals surface area contributed by atoms with E-state index < -0.39 is 0 Å². The van der Waals surface area contributed by atoms with Gasteiger partial charge in [-0.15, -0.1) is 0 Å². The van der Waals surface area contributed by atoms with Crippen molar-refractivity contribution in [2.45, 2.75) is 12.5 Å². The molecule has 0 amide bonds. The van der Waals surface area contributed by atoms with Gasteiger partial charge in [-0.3, -0.25) is 10.1 Å². The molecule has 1 saturated heterocycles. The number of anilines is 1. The molecular weight excluding hydrogens is 268 g/mol. The summed E-state index contributed by atoms with van der Waals surface area (Å²) in [4.78, 5) is 12.4. The lowest BCUT2D eigenvalue weighted by molar-refractivity contribution is -0.384. The summed E-state index contributed by atoms with van der Waals surface area (Å²) < 4.78 is 5.79. The molecule has 21 heavy (non-hydrogen) atoms. The molecule has 108 valence electrons. The maximum atomic E-state index is 10.7. The van der Waals surface area contributed by atoms with Gasteiger partial charge in [-0.1, -0.05) is 30.3 Å². The zero-order chi connectivity index (χ0) is 14.7. The molecule has 0 aliphatic carbocycles. The van der Waals surface area contributed by atoms with Crippen LogP contribution in [0.3, 0.4) is 0 Å². The van der Waals surface area contributed by atoms with Crippen molar-refractivity contribution >= 4 is 11.4 Å². The van der Waals surface area contributed by atoms with E-state index in [2.05, 4.69) is 17.0 Å². The highest BCUT2D eigenvalue weighted by atomic mass is 16.6. The minimum Gasteiger partial charge on any atom is -0.356 e. The second-order valence-electron chi connectivity index (χ2n) is 5.10. The second-order valence-corrected chi connectivity index (χ2v) is 5.10. The number of nitro benzene ring substituents is 1. The molecule has 1 fully saturated rings. The zero-order valence-electron chi connectivity index (χ0n) is 11.5. The summed E-state index contributed by atoms with van der Waals surface area (Å²) in [5, 5.41) is 10.7. The number of hydrogen-bond acceptors (Lipinski definition) is 4. The summed E-state index contributed by atoms with van der Waals surface area (Å²) in [6, 6.07) is 16.8. The van der Waals surface area contributed by atoms with Crippen LogP contribution in [0.25, 0.3) is 0 Å². The molecule has 1 aliphatic rings. The Hall–Kier alpha value is -2.40. The summed E-state index contributed by atoms with van der Waals surface area (Å²) in [5.41, 5.74) is 2.32. The Bertz CT molecular complexity index is 613. The topological polar surface area (TPSA) is 55.6 Å². The van der Waals surface area contributed by atoms with E-state index >= 15 is 0 Å². The molecule has 2 aromatic carbocycles. The summed E-state index contributed by atoms with van der Waals surface area (Å²) in [6.07, 6.45) is 1.03. The Morgan fingerprint density at radius 1 is 1.14 bits per heavy atom. The number of nitro groups is 1. The van der Waals surface area contributed by atoms with Crippen LogP contribution < -0.4 is 4.90 Å². The summed E-state index contributed by atoms with van der Waals surface area (Å²) in [5.74, 6) is 0. The molecule has 0 aromatic heterocycles. The fourth-order valence-corrected chi connectivity index (χ4v) is 2.51. The average Bonchev–Trinajstić information content (AvgIpc) is 2.97. The van der Waals surface area contributed by atoms with E-state index in [1.165, 1.54) is 17.7 Å². The highest BCUT2D eigenvalue weighted by Crippen LogP contribution is 2.23. The standard InChI is InChI=1S/C16H16N2O3/c19-18(20)15-8-6-14(7-9-15)17-11-16(21-12-17)10-13-4-2-1-3-5-13/h1-9,16H,10-12H2. The Balaban J connectivity index is 1.62. The first-order valence-corrected chi connectivity index (χ1v) is 6.87. The van der Waals surface area contributed by atoms with Gasteiger partial charge in [0, 0.05) is 30.8 Å². The molecule has 1 atom stereocenters. The van der Waals surface area contributed by atoms with E-state index in [0.29, 0.717) is 6.73 Å². The summed E-state index contributed by atoms with van der Waals surface area (Å²) in [6.45, 7) is 1.32. The molecule has 0 spiro atoms. The lowest BCUT2D eigenvalue weighted by Gasteiger charge is -2.15. The zero-order valence-corrected chi connectivity index (χ0v) is 11.5. The first kappa shape index (κ1) is 13.6. The van der Waals surface area contributed by atoms with E-state index in [0.717, 1.165) is 18.7 Å². The Morgan fingerprint density at radius 3 is 2.52 bits per heavy atom. The number of hydrogen-bond donors (Lipinski definition) is 0. The third kappa shape index (κ3) is 3.20. The molecule has 0 bridgehead atoms. The van der Waals surface area contributed by atoms with Crippen LogP contribution in [0.15, 0.2) is 54.6 Å². The van der Waals surface area contributed by atoms with Crippen molar-refractivity contribution in [1.82, 2.24) is 0 Å². The number of ether oxygens (including phenoxy) is 1. The maximum absolute atomic E-state index is 10.7. The molecule has 3 rings (SSSR count). The number of non-ortho nitro benzene ring substituents is 1. The summed E-state index contributed by atoms with van der Waals surface area (Å²) >= 11 is 0. The Kier molecular flexibility index (Phi) is 3.83. The fraction of sp³-hybridized carbons (Fsp3) is 0.250. The van der Waals surface area contributed by atoms with Crippen LogP contribution in [-0.4, -0.2) is 24.3 Å². The van der Waals surface area contributed by atoms with Crippen LogP contribution in [-0.2, 0) is 11.2 Å². The van der Waals surface area contributed by atoms with Crippen molar-refractivity contribution in [1.29, 1.82) is 0 Å². The predicted molar refractivity (Wildman–Crippen MR) is 80.3 cm³/mol. The van der Waals surface area contributed by atoms with Gasteiger partial charge >= 0.3 is 0 Å². The SMILES string of the molecule is O=[N+]([O-])c1ccc(N2COC(Cc3ccccc3)C2)cc1. The lowest BCUT2D eigenvalue weighted by atomic mass is 10.1. The third-order valence-corrected chi connectivity index (χ3v) is 3.62. The van der Waals surface area contributed by atoms with E-state index in [1.54, 1.807) is 12.1 Å². The molecule has 2 aromatic rings. The van der Waals surface area contributed by atoms with Gasteiger partial charge in [-0.05, 0) is 17.7 Å². The normalized spacial score (nSPS) is 17.9. The van der Waals surface area contributed by atoms with E-state index in [9.17, 15) is 10.1 Å². The van der Waals surface area contributed by atoms with Gasteiger partial charge in [-0.25, -0.2) is 0 Å². The van der Waals surface area contributed by atoms with E-state index in [4.69, 9.17) is 4.74 Å². The van der Waals surface area contributed by atoms with Crippen LogP contribution in [0, 0.1) is 10.1 Å². The number of benzene rings is 2. The van der Waals surface area contributed by atoms with E-state index in [-0.39, 0.29) is 16.7 Å². The van der Waals surface area contributed by atoms with Crippen molar-refractivity contribution in [2.75, 3.05) is 18.2 Å². The fourth-order valence-electron chi connectivity index (χ4n) is 2.51. The van der Waals surface area contributed by atoms with Gasteiger partial charge < -0.3 is 9.64 Å². The van der Waals surface area contributed by atoms with Crippen LogP contribution in [0.1, 0.15) is 5.56 Å². The van der Waals surface area contributed by atoms with Crippen molar-refractivity contribution in [3.05, 3.63) is 70.3 Å². The van der Waals surface area contributed by atoms with Crippen LogP contribution in [0.4, 0.5) is 11.4 Å². The largest absolute Gasteiger partial charge is 0.356 e. The monoisotopic (exact) mass is 284 g/mol. The predicted octanol–water partition coefficient (Wildman–Crippen LogP) is 3.00. The van der Waals surface area contributed by atoms with Crippen molar-refractivity contribution in [2.24, 2.45) is 0 Å². The van der Waals surface area contributed by atoms with Crippen LogP contribution in [0.5, 0.6) is 0 Å². The molecule has 5 nitrogen and oxygen atoms in total. The third-order valence-electron chi connectivity index (χ3n) is 3.62.